The van der Waals surface area contributed by atoms with Crippen LogP contribution in [0.3, 0.4) is 0 Å². The number of fused-ring (bicyclic) bond motifs is 1. The number of hydrogen-bond donors (Lipinski definition) is 1. The van der Waals surface area contributed by atoms with Gasteiger partial charge in [0.1, 0.15) is 5.65 Å². The zero-order valence-corrected chi connectivity index (χ0v) is 12.8. The normalized spacial score (nSPS) is 13.8. The summed E-state index contributed by atoms with van der Waals surface area (Å²) < 4.78 is 33.9. The minimum Gasteiger partial charge on any atom is -0.377 e. The summed E-state index contributed by atoms with van der Waals surface area (Å²) in [6, 6.07) is 5.17. The Kier molecular flexibility index (Phi) is 4.64. The molecule has 2 aromatic heterocycles. The molecule has 2 aromatic rings. The predicted molar refractivity (Wildman–Crippen MR) is 76.5 cm³/mol. The summed E-state index contributed by atoms with van der Waals surface area (Å²) in [5, 5.41) is -0.105. The fraction of sp³-hybridized carbons (Fsp3) is 0.417. The number of aromatic nitrogens is 2. The smallest absolute Gasteiger partial charge is 0.259 e. The van der Waals surface area contributed by atoms with Crippen LogP contribution < -0.4 is 4.72 Å². The molecule has 1 unspecified atom stereocenters. The molecular weight excluding hydrogens is 302 g/mol. The van der Waals surface area contributed by atoms with Gasteiger partial charge in [0.25, 0.3) is 10.0 Å². The average Bonchev–Trinajstić information content (AvgIpc) is 2.73. The maximum atomic E-state index is 12.3. The van der Waals surface area contributed by atoms with Gasteiger partial charge in [0.15, 0.2) is 10.2 Å². The van der Waals surface area contributed by atoms with Gasteiger partial charge in [0, 0.05) is 19.3 Å². The highest BCUT2D eigenvalue weighted by molar-refractivity contribution is 7.89. The van der Waals surface area contributed by atoms with Crippen molar-refractivity contribution < 1.29 is 13.2 Å². The molecule has 6 nitrogen and oxygen atoms in total. The molecule has 0 bridgehead atoms. The van der Waals surface area contributed by atoms with Gasteiger partial charge in [-0.3, -0.25) is 4.40 Å². The van der Waals surface area contributed by atoms with Gasteiger partial charge in [-0.15, -0.1) is 0 Å². The van der Waals surface area contributed by atoms with Crippen LogP contribution in [-0.4, -0.2) is 37.1 Å². The second-order valence-electron chi connectivity index (χ2n) is 4.25. The molecule has 20 heavy (non-hydrogen) atoms. The molecule has 1 N–H and O–H groups in total. The van der Waals surface area contributed by atoms with E-state index in [0.717, 1.165) is 0 Å². The SMILES string of the molecule is CCOC(C)CNS(=O)(=O)c1c(Cl)nc2ccccn12. The fourth-order valence-electron chi connectivity index (χ4n) is 1.82. The van der Waals surface area contributed by atoms with Crippen LogP contribution >= 0.6 is 11.6 Å². The number of sulfonamides is 1. The average molecular weight is 318 g/mol. The van der Waals surface area contributed by atoms with Crippen LogP contribution in [0.4, 0.5) is 0 Å². The Balaban J connectivity index is 2.30. The van der Waals surface area contributed by atoms with E-state index in [2.05, 4.69) is 9.71 Å². The quantitative estimate of drug-likeness (QED) is 0.880. The van der Waals surface area contributed by atoms with Gasteiger partial charge in [0.05, 0.1) is 6.10 Å². The summed E-state index contributed by atoms with van der Waals surface area (Å²) in [6.45, 7) is 4.35. The highest BCUT2D eigenvalue weighted by Crippen LogP contribution is 2.22. The second-order valence-corrected chi connectivity index (χ2v) is 6.29. The van der Waals surface area contributed by atoms with Crippen molar-refractivity contribution in [2.45, 2.75) is 25.0 Å². The van der Waals surface area contributed by atoms with E-state index in [1.54, 1.807) is 31.3 Å². The van der Waals surface area contributed by atoms with E-state index in [-0.39, 0.29) is 22.8 Å². The van der Waals surface area contributed by atoms with Crippen LogP contribution in [0, 0.1) is 0 Å². The molecule has 0 aromatic carbocycles. The van der Waals surface area contributed by atoms with Crippen molar-refractivity contribution >= 4 is 27.3 Å². The molecule has 0 saturated carbocycles. The lowest BCUT2D eigenvalue weighted by Gasteiger charge is -2.12. The van der Waals surface area contributed by atoms with E-state index in [0.29, 0.717) is 12.3 Å². The molecule has 8 heteroatoms. The first-order valence-electron chi connectivity index (χ1n) is 6.19. The van der Waals surface area contributed by atoms with E-state index in [1.807, 2.05) is 6.92 Å². The molecule has 1 atom stereocenters. The monoisotopic (exact) mass is 317 g/mol. The summed E-state index contributed by atoms with van der Waals surface area (Å²) in [6.07, 6.45) is 1.39. The van der Waals surface area contributed by atoms with Gasteiger partial charge in [-0.05, 0) is 26.0 Å². The number of pyridine rings is 1. The van der Waals surface area contributed by atoms with Crippen LogP contribution in [0.25, 0.3) is 5.65 Å². The van der Waals surface area contributed by atoms with Crippen molar-refractivity contribution in [1.82, 2.24) is 14.1 Å². The van der Waals surface area contributed by atoms with Crippen molar-refractivity contribution in [2.75, 3.05) is 13.2 Å². The van der Waals surface area contributed by atoms with E-state index >= 15 is 0 Å². The Morgan fingerprint density at radius 1 is 1.50 bits per heavy atom. The lowest BCUT2D eigenvalue weighted by atomic mass is 10.4. The van der Waals surface area contributed by atoms with Crippen molar-refractivity contribution in [2.24, 2.45) is 0 Å². The maximum absolute atomic E-state index is 12.3. The van der Waals surface area contributed by atoms with Gasteiger partial charge in [0.2, 0.25) is 0 Å². The first-order valence-corrected chi connectivity index (χ1v) is 8.05. The third kappa shape index (κ3) is 3.12. The van der Waals surface area contributed by atoms with E-state index in [4.69, 9.17) is 16.3 Å². The minimum absolute atomic E-state index is 0.0484. The molecule has 0 aliphatic heterocycles. The summed E-state index contributed by atoms with van der Waals surface area (Å²) in [4.78, 5) is 4.02. The van der Waals surface area contributed by atoms with Crippen molar-refractivity contribution in [1.29, 1.82) is 0 Å². The summed E-state index contributed by atoms with van der Waals surface area (Å²) in [7, 11) is -3.75. The molecule has 0 saturated heterocycles. The number of nitrogens with zero attached hydrogens (tertiary/aromatic N) is 2. The molecule has 0 fully saturated rings. The molecule has 0 radical (unpaired) electrons. The van der Waals surface area contributed by atoms with E-state index in [9.17, 15) is 8.42 Å². The van der Waals surface area contributed by atoms with E-state index in [1.165, 1.54) is 4.40 Å². The number of ether oxygens (including phenoxy) is 1. The molecule has 0 aliphatic rings. The van der Waals surface area contributed by atoms with Gasteiger partial charge < -0.3 is 4.74 Å². The molecule has 2 heterocycles. The zero-order chi connectivity index (χ0) is 14.8. The lowest BCUT2D eigenvalue weighted by Crippen LogP contribution is -2.33. The highest BCUT2D eigenvalue weighted by atomic mass is 35.5. The third-order valence-corrected chi connectivity index (χ3v) is 4.53. The Morgan fingerprint density at radius 3 is 2.95 bits per heavy atom. The van der Waals surface area contributed by atoms with Crippen molar-refractivity contribution in [3.63, 3.8) is 0 Å². The molecule has 0 aliphatic carbocycles. The number of rotatable bonds is 6. The van der Waals surface area contributed by atoms with Crippen molar-refractivity contribution in [3.8, 4) is 0 Å². The Morgan fingerprint density at radius 2 is 2.25 bits per heavy atom. The fourth-order valence-corrected chi connectivity index (χ4v) is 3.58. The van der Waals surface area contributed by atoms with Crippen LogP contribution in [0.1, 0.15) is 13.8 Å². The Labute approximate surface area is 122 Å². The lowest BCUT2D eigenvalue weighted by molar-refractivity contribution is 0.0799. The second kappa shape index (κ2) is 6.09. The first kappa shape index (κ1) is 15.2. The van der Waals surface area contributed by atoms with Crippen LogP contribution in [0.2, 0.25) is 5.15 Å². The zero-order valence-electron chi connectivity index (χ0n) is 11.2. The molecular formula is C12H16ClN3O3S. The predicted octanol–water partition coefficient (Wildman–Crippen LogP) is 1.69. The third-order valence-electron chi connectivity index (χ3n) is 2.71. The topological polar surface area (TPSA) is 72.7 Å². The summed E-state index contributed by atoms with van der Waals surface area (Å²) >= 11 is 5.95. The molecule has 0 spiro atoms. The van der Waals surface area contributed by atoms with Crippen LogP contribution in [0.15, 0.2) is 29.4 Å². The van der Waals surface area contributed by atoms with Gasteiger partial charge >= 0.3 is 0 Å². The van der Waals surface area contributed by atoms with Gasteiger partial charge in [-0.2, -0.15) is 0 Å². The van der Waals surface area contributed by atoms with Gasteiger partial charge in [-0.1, -0.05) is 17.7 Å². The minimum atomic E-state index is -3.75. The first-order chi connectivity index (χ1) is 9.45. The highest BCUT2D eigenvalue weighted by Gasteiger charge is 2.24. The molecule has 2 rings (SSSR count). The Hall–Kier alpha value is -1.15. The van der Waals surface area contributed by atoms with Crippen molar-refractivity contribution in [3.05, 3.63) is 29.5 Å². The standard InChI is InChI=1S/C12H16ClN3O3S/c1-3-19-9(2)8-14-20(17,18)12-11(13)15-10-6-4-5-7-16(10)12/h4-7,9,14H,3,8H2,1-2H3. The number of hydrogen-bond acceptors (Lipinski definition) is 4. The summed E-state index contributed by atoms with van der Waals surface area (Å²) in [5.74, 6) is 0. The number of halogens is 1. The largest absolute Gasteiger partial charge is 0.377 e. The van der Waals surface area contributed by atoms with Crippen LogP contribution in [-0.2, 0) is 14.8 Å². The van der Waals surface area contributed by atoms with Gasteiger partial charge in [-0.25, -0.2) is 18.1 Å². The van der Waals surface area contributed by atoms with E-state index < -0.39 is 10.0 Å². The molecule has 0 amide bonds. The maximum Gasteiger partial charge on any atom is 0.259 e. The summed E-state index contributed by atoms with van der Waals surface area (Å²) in [5.41, 5.74) is 0.482. The number of nitrogens with one attached hydrogen (secondary N) is 1. The number of imidazole rings is 1. The Bertz CT molecular complexity index is 699. The molecule has 110 valence electrons. The van der Waals surface area contributed by atoms with Crippen LogP contribution in [0.5, 0.6) is 0 Å².